The molecular formula is C33H37ClFN7O2. The van der Waals surface area contributed by atoms with E-state index in [2.05, 4.69) is 58.4 Å². The van der Waals surface area contributed by atoms with E-state index in [0.717, 1.165) is 59.5 Å². The van der Waals surface area contributed by atoms with Crippen molar-refractivity contribution in [3.63, 3.8) is 0 Å². The second-order valence-electron chi connectivity index (χ2n) is 12.4. The number of carbonyl (C=O) groups is 1. The van der Waals surface area contributed by atoms with E-state index in [1.54, 1.807) is 0 Å². The Kier molecular flexibility index (Phi) is 8.36. The minimum atomic E-state index is -1.01. The number of fused-ring (bicyclic) bond motifs is 2. The van der Waals surface area contributed by atoms with Crippen LogP contribution in [0.15, 0.2) is 48.8 Å². The summed E-state index contributed by atoms with van der Waals surface area (Å²) in [5.74, 6) is -1.00. The standard InChI is InChI=1S/C33H37ClFN7O2/c1-22(35)31(43)42-16-15-41(18-24(42)17-36-2)30-25-11-14-40(28-10-6-8-23-7-5-9-26(34)29(23)28)19-27(25)37-32(38-30)44-21-33(12-13-33)20-39(3)4/h5-10,24H,1,11-21H2,3-4H3/t24-/m0/s1. The van der Waals surface area contributed by atoms with Gasteiger partial charge in [0.15, 0.2) is 5.83 Å². The molecule has 1 saturated heterocycles. The van der Waals surface area contributed by atoms with Crippen LogP contribution < -0.4 is 14.5 Å². The molecule has 3 heterocycles. The second kappa shape index (κ2) is 12.2. The largest absolute Gasteiger partial charge is 0.463 e. The van der Waals surface area contributed by atoms with Gasteiger partial charge in [0.2, 0.25) is 6.54 Å². The molecule has 1 aromatic heterocycles. The van der Waals surface area contributed by atoms with Gasteiger partial charge in [-0.15, -0.1) is 0 Å². The highest BCUT2D eigenvalue weighted by molar-refractivity contribution is 6.36. The Morgan fingerprint density at radius 3 is 2.66 bits per heavy atom. The number of piperazine rings is 1. The Labute approximate surface area is 262 Å². The summed E-state index contributed by atoms with van der Waals surface area (Å²) in [6.07, 6.45) is 2.91. The number of hydrogen-bond acceptors (Lipinski definition) is 7. The fraction of sp³-hybridized carbons (Fsp3) is 0.455. The third kappa shape index (κ3) is 6.04. The molecule has 1 amide bonds. The Hall–Kier alpha value is -3.94. The highest BCUT2D eigenvalue weighted by atomic mass is 35.5. The van der Waals surface area contributed by atoms with E-state index in [9.17, 15) is 9.18 Å². The lowest BCUT2D eigenvalue weighted by atomic mass is 10.0. The van der Waals surface area contributed by atoms with Gasteiger partial charge in [0.05, 0.1) is 23.9 Å². The van der Waals surface area contributed by atoms with Crippen LogP contribution in [-0.2, 0) is 17.8 Å². The molecule has 11 heteroatoms. The predicted molar refractivity (Wildman–Crippen MR) is 171 cm³/mol. The third-order valence-corrected chi connectivity index (χ3v) is 9.20. The maximum absolute atomic E-state index is 13.8. The van der Waals surface area contributed by atoms with Crippen molar-refractivity contribution in [1.29, 1.82) is 0 Å². The first-order valence-corrected chi connectivity index (χ1v) is 15.4. The van der Waals surface area contributed by atoms with Gasteiger partial charge in [-0.1, -0.05) is 42.4 Å². The molecule has 6 rings (SSSR count). The van der Waals surface area contributed by atoms with E-state index in [0.29, 0.717) is 43.7 Å². The van der Waals surface area contributed by atoms with Crippen molar-refractivity contribution in [1.82, 2.24) is 19.8 Å². The normalized spacial score (nSPS) is 19.1. The Bertz CT molecular complexity index is 1630. The summed E-state index contributed by atoms with van der Waals surface area (Å²) in [6, 6.07) is 12.0. The van der Waals surface area contributed by atoms with Gasteiger partial charge in [0.1, 0.15) is 11.9 Å². The quantitative estimate of drug-likeness (QED) is 0.248. The average molecular weight is 618 g/mol. The van der Waals surface area contributed by atoms with Gasteiger partial charge in [-0.3, -0.25) is 4.79 Å². The minimum absolute atomic E-state index is 0.0643. The number of benzene rings is 2. The molecule has 1 saturated carbocycles. The van der Waals surface area contributed by atoms with Gasteiger partial charge in [-0.2, -0.15) is 9.97 Å². The summed E-state index contributed by atoms with van der Waals surface area (Å²) in [4.78, 5) is 34.0. The van der Waals surface area contributed by atoms with Gasteiger partial charge >= 0.3 is 6.01 Å². The number of amides is 1. The van der Waals surface area contributed by atoms with Crippen molar-refractivity contribution in [3.05, 3.63) is 76.5 Å². The molecule has 2 aromatic carbocycles. The average Bonchev–Trinajstić information content (AvgIpc) is 3.77. The molecule has 0 bridgehead atoms. The molecule has 3 aliphatic rings. The second-order valence-corrected chi connectivity index (χ2v) is 12.8. The van der Waals surface area contributed by atoms with E-state index in [1.807, 2.05) is 18.2 Å². The molecule has 2 fully saturated rings. The molecule has 2 aliphatic heterocycles. The van der Waals surface area contributed by atoms with Crippen molar-refractivity contribution in [2.24, 2.45) is 5.41 Å². The Morgan fingerprint density at radius 1 is 1.18 bits per heavy atom. The Balaban J connectivity index is 1.34. The predicted octanol–water partition coefficient (Wildman–Crippen LogP) is 4.99. The number of nitrogens with zero attached hydrogens (tertiary/aromatic N) is 7. The van der Waals surface area contributed by atoms with E-state index in [4.69, 9.17) is 32.9 Å². The van der Waals surface area contributed by atoms with Crippen LogP contribution in [0.25, 0.3) is 15.6 Å². The summed E-state index contributed by atoms with van der Waals surface area (Å²) < 4.78 is 20.2. The lowest BCUT2D eigenvalue weighted by Gasteiger charge is -2.41. The number of rotatable bonds is 9. The lowest BCUT2D eigenvalue weighted by Crippen LogP contribution is -2.57. The molecule has 9 nitrogen and oxygen atoms in total. The van der Waals surface area contributed by atoms with Crippen molar-refractivity contribution in [2.45, 2.75) is 31.8 Å². The first-order valence-electron chi connectivity index (χ1n) is 15.0. The van der Waals surface area contributed by atoms with Gasteiger partial charge in [-0.25, -0.2) is 11.0 Å². The number of hydrogen-bond donors (Lipinski definition) is 0. The molecular weight excluding hydrogens is 581 g/mol. The van der Waals surface area contributed by atoms with Crippen LogP contribution in [0.1, 0.15) is 24.1 Å². The fourth-order valence-electron chi connectivity index (χ4n) is 6.61. The van der Waals surface area contributed by atoms with Gasteiger partial charge in [0, 0.05) is 54.8 Å². The SMILES string of the molecule is [C-]#[N+]C[C@H]1CN(c2nc(OCC3(CN(C)C)CC3)nc3c2CCN(c2cccc4cccc(Cl)c24)C3)CCN1C(=O)C(=C)F. The zero-order valence-corrected chi connectivity index (χ0v) is 26.0. The van der Waals surface area contributed by atoms with Crippen molar-refractivity contribution in [2.75, 3.05) is 69.8 Å². The van der Waals surface area contributed by atoms with Gasteiger partial charge in [0.25, 0.3) is 5.91 Å². The molecule has 0 unspecified atom stereocenters. The molecule has 1 atom stereocenters. The van der Waals surface area contributed by atoms with E-state index < -0.39 is 17.8 Å². The highest BCUT2D eigenvalue weighted by Gasteiger charge is 2.44. The van der Waals surface area contributed by atoms with Crippen LogP contribution in [0.2, 0.25) is 5.02 Å². The van der Waals surface area contributed by atoms with Crippen molar-refractivity contribution in [3.8, 4) is 6.01 Å². The third-order valence-electron chi connectivity index (χ3n) is 8.89. The molecule has 0 spiro atoms. The first kappa shape index (κ1) is 30.1. The van der Waals surface area contributed by atoms with Crippen LogP contribution in [0, 0.1) is 12.0 Å². The maximum Gasteiger partial charge on any atom is 0.318 e. The molecule has 3 aromatic rings. The van der Waals surface area contributed by atoms with Crippen LogP contribution in [-0.4, -0.2) is 91.7 Å². The molecule has 230 valence electrons. The number of halogens is 2. The molecule has 44 heavy (non-hydrogen) atoms. The molecule has 0 N–H and O–H groups in total. The van der Waals surface area contributed by atoms with E-state index >= 15 is 0 Å². The molecule has 0 radical (unpaired) electrons. The summed E-state index contributed by atoms with van der Waals surface area (Å²) in [6.45, 7) is 14.6. The van der Waals surface area contributed by atoms with Crippen molar-refractivity contribution >= 4 is 39.8 Å². The summed E-state index contributed by atoms with van der Waals surface area (Å²) in [7, 11) is 4.15. The van der Waals surface area contributed by atoms with Crippen LogP contribution in [0.3, 0.4) is 0 Å². The van der Waals surface area contributed by atoms with Crippen LogP contribution >= 0.6 is 11.6 Å². The van der Waals surface area contributed by atoms with Crippen LogP contribution in [0.5, 0.6) is 6.01 Å². The zero-order valence-electron chi connectivity index (χ0n) is 25.2. The topological polar surface area (TPSA) is 69.4 Å². The summed E-state index contributed by atoms with van der Waals surface area (Å²) in [5, 5.41) is 2.81. The fourth-order valence-corrected chi connectivity index (χ4v) is 6.88. The van der Waals surface area contributed by atoms with E-state index in [1.165, 1.54) is 4.90 Å². The van der Waals surface area contributed by atoms with Crippen molar-refractivity contribution < 1.29 is 13.9 Å². The number of anilines is 2. The monoisotopic (exact) mass is 617 g/mol. The zero-order chi connectivity index (χ0) is 31.0. The van der Waals surface area contributed by atoms with Gasteiger partial charge < -0.3 is 29.2 Å². The molecule has 1 aliphatic carbocycles. The maximum atomic E-state index is 13.8. The summed E-state index contributed by atoms with van der Waals surface area (Å²) >= 11 is 6.69. The Morgan fingerprint density at radius 2 is 1.95 bits per heavy atom. The smallest absolute Gasteiger partial charge is 0.318 e. The highest BCUT2D eigenvalue weighted by Crippen LogP contribution is 2.46. The number of ether oxygens (including phenoxy) is 1. The first-order chi connectivity index (χ1) is 21.2. The lowest BCUT2D eigenvalue weighted by molar-refractivity contribution is -0.131. The van der Waals surface area contributed by atoms with Gasteiger partial charge in [-0.05, 0) is 50.9 Å². The summed E-state index contributed by atoms with van der Waals surface area (Å²) in [5.41, 5.74) is 3.08. The number of carbonyl (C=O) groups excluding carboxylic acids is 1. The van der Waals surface area contributed by atoms with E-state index in [-0.39, 0.29) is 18.5 Å². The number of aromatic nitrogens is 2. The van der Waals surface area contributed by atoms with Crippen LogP contribution in [0.4, 0.5) is 15.9 Å². The minimum Gasteiger partial charge on any atom is -0.463 e.